The number of hydrogen-bond acceptors (Lipinski definition) is 3. The summed E-state index contributed by atoms with van der Waals surface area (Å²) in [7, 11) is 1.59. The molecule has 0 fully saturated rings. The summed E-state index contributed by atoms with van der Waals surface area (Å²) < 4.78 is 5.74. The zero-order valence-electron chi connectivity index (χ0n) is 8.25. The van der Waals surface area contributed by atoms with E-state index in [1.807, 2.05) is 6.92 Å². The molecule has 1 aromatic rings. The number of methoxy groups -OCH3 is 1. The highest BCUT2D eigenvalue weighted by Gasteiger charge is 2.13. The van der Waals surface area contributed by atoms with Gasteiger partial charge in [-0.25, -0.2) is 0 Å². The van der Waals surface area contributed by atoms with E-state index in [2.05, 4.69) is 15.9 Å². The molecule has 0 spiro atoms. The quantitative estimate of drug-likeness (QED) is 0.876. The summed E-state index contributed by atoms with van der Waals surface area (Å²) in [5.41, 5.74) is 6.35. The monoisotopic (exact) mass is 259 g/mol. The molecule has 1 unspecified atom stereocenters. The van der Waals surface area contributed by atoms with Gasteiger partial charge in [-0.15, -0.1) is 0 Å². The summed E-state index contributed by atoms with van der Waals surface area (Å²) in [5.74, 6) is 1.06. The molecule has 0 aliphatic heterocycles. The molecule has 0 bridgehead atoms. The molecule has 0 saturated heterocycles. The number of nitrogens with two attached hydrogens (primary N) is 1. The second-order valence-corrected chi connectivity index (χ2v) is 4.04. The SMILES string of the molecule is COc1cc(Br)c(O)c(C(C)CN)c1. The Morgan fingerprint density at radius 2 is 2.21 bits per heavy atom. The Bertz CT molecular complexity index is 328. The normalized spacial score (nSPS) is 12.6. The molecule has 0 saturated carbocycles. The number of aromatic hydroxyl groups is 1. The number of benzene rings is 1. The first kappa shape index (κ1) is 11.3. The van der Waals surface area contributed by atoms with Crippen LogP contribution in [0.3, 0.4) is 0 Å². The van der Waals surface area contributed by atoms with Gasteiger partial charge < -0.3 is 15.6 Å². The third-order valence-corrected chi connectivity index (χ3v) is 2.79. The Morgan fingerprint density at radius 3 is 2.71 bits per heavy atom. The molecule has 14 heavy (non-hydrogen) atoms. The number of halogens is 1. The summed E-state index contributed by atoms with van der Waals surface area (Å²) >= 11 is 3.26. The first-order chi connectivity index (χ1) is 6.60. The van der Waals surface area contributed by atoms with Crippen molar-refractivity contribution < 1.29 is 9.84 Å². The highest BCUT2D eigenvalue weighted by molar-refractivity contribution is 9.10. The van der Waals surface area contributed by atoms with Crippen LogP contribution in [-0.4, -0.2) is 18.8 Å². The lowest BCUT2D eigenvalue weighted by atomic mass is 10.00. The van der Waals surface area contributed by atoms with E-state index >= 15 is 0 Å². The van der Waals surface area contributed by atoms with Crippen LogP contribution in [0, 0.1) is 0 Å². The van der Waals surface area contributed by atoms with Gasteiger partial charge in [-0.2, -0.15) is 0 Å². The second-order valence-electron chi connectivity index (χ2n) is 3.18. The number of phenols is 1. The maximum Gasteiger partial charge on any atom is 0.133 e. The molecule has 4 heteroatoms. The number of ether oxygens (including phenoxy) is 1. The fourth-order valence-electron chi connectivity index (χ4n) is 1.21. The van der Waals surface area contributed by atoms with E-state index in [4.69, 9.17) is 10.5 Å². The summed E-state index contributed by atoms with van der Waals surface area (Å²) in [6.07, 6.45) is 0. The zero-order chi connectivity index (χ0) is 10.7. The maximum atomic E-state index is 9.76. The summed E-state index contributed by atoms with van der Waals surface area (Å²) in [6.45, 7) is 2.45. The van der Waals surface area contributed by atoms with Gasteiger partial charge in [-0.1, -0.05) is 6.92 Å². The lowest BCUT2D eigenvalue weighted by Crippen LogP contribution is -2.09. The Hall–Kier alpha value is -0.740. The molecular weight excluding hydrogens is 246 g/mol. The summed E-state index contributed by atoms with van der Waals surface area (Å²) in [6, 6.07) is 3.53. The molecule has 0 amide bonds. The fraction of sp³-hybridized carbons (Fsp3) is 0.400. The number of rotatable bonds is 3. The van der Waals surface area contributed by atoms with Gasteiger partial charge in [0.05, 0.1) is 11.6 Å². The van der Waals surface area contributed by atoms with E-state index in [1.165, 1.54) is 0 Å². The number of phenolic OH excluding ortho intramolecular Hbond substituents is 1. The van der Waals surface area contributed by atoms with Gasteiger partial charge >= 0.3 is 0 Å². The molecule has 0 radical (unpaired) electrons. The van der Waals surface area contributed by atoms with Crippen molar-refractivity contribution in [1.82, 2.24) is 0 Å². The van der Waals surface area contributed by atoms with Crippen molar-refractivity contribution in [3.8, 4) is 11.5 Å². The van der Waals surface area contributed by atoms with Crippen LogP contribution in [0.5, 0.6) is 11.5 Å². The lowest BCUT2D eigenvalue weighted by Gasteiger charge is -2.13. The third-order valence-electron chi connectivity index (χ3n) is 2.19. The molecule has 0 aromatic heterocycles. The summed E-state index contributed by atoms with van der Waals surface area (Å²) in [5, 5.41) is 9.76. The van der Waals surface area contributed by atoms with Crippen LogP contribution in [0.15, 0.2) is 16.6 Å². The average molecular weight is 260 g/mol. The highest BCUT2D eigenvalue weighted by Crippen LogP contribution is 2.36. The van der Waals surface area contributed by atoms with Crippen LogP contribution in [0.4, 0.5) is 0 Å². The van der Waals surface area contributed by atoms with Crippen LogP contribution in [-0.2, 0) is 0 Å². The lowest BCUT2D eigenvalue weighted by molar-refractivity contribution is 0.408. The predicted octanol–water partition coefficient (Wildman–Crippen LogP) is 2.23. The van der Waals surface area contributed by atoms with Gasteiger partial charge in [0.15, 0.2) is 0 Å². The molecule has 0 aliphatic rings. The molecule has 3 N–H and O–H groups in total. The van der Waals surface area contributed by atoms with Gasteiger partial charge in [-0.05, 0) is 40.5 Å². The van der Waals surface area contributed by atoms with Crippen molar-refractivity contribution in [2.75, 3.05) is 13.7 Å². The smallest absolute Gasteiger partial charge is 0.133 e. The molecule has 1 atom stereocenters. The van der Waals surface area contributed by atoms with Gasteiger partial charge in [0.2, 0.25) is 0 Å². The van der Waals surface area contributed by atoms with E-state index in [-0.39, 0.29) is 11.7 Å². The van der Waals surface area contributed by atoms with E-state index in [9.17, 15) is 5.11 Å². The van der Waals surface area contributed by atoms with E-state index < -0.39 is 0 Å². The Balaban J connectivity index is 3.20. The van der Waals surface area contributed by atoms with Crippen LogP contribution < -0.4 is 10.5 Å². The van der Waals surface area contributed by atoms with Crippen molar-refractivity contribution >= 4 is 15.9 Å². The van der Waals surface area contributed by atoms with Crippen molar-refractivity contribution in [3.63, 3.8) is 0 Å². The van der Waals surface area contributed by atoms with Crippen molar-refractivity contribution in [2.24, 2.45) is 5.73 Å². The standard InChI is InChI=1S/C10H14BrNO2/c1-6(5-12)8-3-7(14-2)4-9(11)10(8)13/h3-4,6,13H,5,12H2,1-2H3. The van der Waals surface area contributed by atoms with E-state index in [0.717, 1.165) is 5.56 Å². The minimum atomic E-state index is 0.112. The topological polar surface area (TPSA) is 55.5 Å². The van der Waals surface area contributed by atoms with Crippen molar-refractivity contribution in [2.45, 2.75) is 12.8 Å². The largest absolute Gasteiger partial charge is 0.506 e. The van der Waals surface area contributed by atoms with Gasteiger partial charge in [0.1, 0.15) is 11.5 Å². The summed E-state index contributed by atoms with van der Waals surface area (Å²) in [4.78, 5) is 0. The predicted molar refractivity (Wildman–Crippen MR) is 59.8 cm³/mol. The van der Waals surface area contributed by atoms with Crippen molar-refractivity contribution in [1.29, 1.82) is 0 Å². The van der Waals surface area contributed by atoms with Crippen LogP contribution in [0.1, 0.15) is 18.4 Å². The second kappa shape index (κ2) is 4.66. The van der Waals surface area contributed by atoms with Crippen molar-refractivity contribution in [3.05, 3.63) is 22.2 Å². The first-order valence-electron chi connectivity index (χ1n) is 4.36. The van der Waals surface area contributed by atoms with Crippen LogP contribution >= 0.6 is 15.9 Å². The van der Waals surface area contributed by atoms with Gasteiger partial charge in [0, 0.05) is 5.56 Å². The van der Waals surface area contributed by atoms with Crippen LogP contribution in [0.2, 0.25) is 0 Å². The number of hydrogen-bond donors (Lipinski definition) is 2. The molecule has 78 valence electrons. The molecule has 1 aromatic carbocycles. The van der Waals surface area contributed by atoms with Gasteiger partial charge in [0.25, 0.3) is 0 Å². The minimum Gasteiger partial charge on any atom is -0.506 e. The van der Waals surface area contributed by atoms with E-state index in [1.54, 1.807) is 19.2 Å². The molecule has 0 aliphatic carbocycles. The van der Waals surface area contributed by atoms with Crippen LogP contribution in [0.25, 0.3) is 0 Å². The highest BCUT2D eigenvalue weighted by atomic mass is 79.9. The van der Waals surface area contributed by atoms with Gasteiger partial charge in [-0.3, -0.25) is 0 Å². The third kappa shape index (κ3) is 2.19. The Kier molecular flexibility index (Phi) is 3.77. The first-order valence-corrected chi connectivity index (χ1v) is 5.16. The van der Waals surface area contributed by atoms with E-state index in [0.29, 0.717) is 16.8 Å². The molecular formula is C10H14BrNO2. The average Bonchev–Trinajstić information content (AvgIpc) is 2.20. The molecule has 0 heterocycles. The fourth-order valence-corrected chi connectivity index (χ4v) is 1.67. The maximum absolute atomic E-state index is 9.76. The Morgan fingerprint density at radius 1 is 1.57 bits per heavy atom. The molecule has 3 nitrogen and oxygen atoms in total. The molecule has 1 rings (SSSR count). The zero-order valence-corrected chi connectivity index (χ0v) is 9.84. The Labute approximate surface area is 92.0 Å². The minimum absolute atomic E-state index is 0.112.